The van der Waals surface area contributed by atoms with Gasteiger partial charge < -0.3 is 15.3 Å². The average molecular weight is 1160 g/mol. The molecule has 420 valence electrons. The summed E-state index contributed by atoms with van der Waals surface area (Å²) in [6, 6.07) is 35.5. The molecule has 0 saturated heterocycles. The summed E-state index contributed by atoms with van der Waals surface area (Å²) in [5, 5.41) is 50.9. The summed E-state index contributed by atoms with van der Waals surface area (Å²) in [7, 11) is 0. The first kappa shape index (κ1) is 58.0. The first-order valence-electron chi connectivity index (χ1n) is 27.6. The lowest BCUT2D eigenvalue weighted by Crippen LogP contribution is -2.48. The molecule has 8 aromatic rings. The summed E-state index contributed by atoms with van der Waals surface area (Å²) in [5.41, 5.74) is 11.8. The molecule has 82 heavy (non-hydrogen) atoms. The molecule has 0 radical (unpaired) electrons. The third-order valence-corrected chi connectivity index (χ3v) is 16.0. The number of phenols is 3. The van der Waals surface area contributed by atoms with Gasteiger partial charge in [-0.25, -0.2) is 5.43 Å². The van der Waals surface area contributed by atoms with Crippen LogP contribution >= 0.6 is 15.9 Å². The van der Waals surface area contributed by atoms with Gasteiger partial charge in [0.05, 0.1) is 11.8 Å². The minimum absolute atomic E-state index is 0.0143. The zero-order valence-electron chi connectivity index (χ0n) is 46.6. The van der Waals surface area contributed by atoms with E-state index in [1.165, 1.54) is 50.9 Å². The number of fused-ring (bicyclic) bond motifs is 1. The van der Waals surface area contributed by atoms with E-state index in [1.807, 2.05) is 107 Å². The zero-order chi connectivity index (χ0) is 58.0. The molecule has 12 rings (SSSR count). The van der Waals surface area contributed by atoms with Crippen LogP contribution in [0.4, 0.5) is 0 Å². The maximum Gasteiger partial charge on any atom is 0.272 e. The van der Waals surface area contributed by atoms with Crippen molar-refractivity contribution in [2.45, 2.75) is 89.9 Å². The quantitative estimate of drug-likeness (QED) is 0.0233. The average Bonchev–Trinajstić information content (AvgIpc) is 4.32. The molecule has 4 fully saturated rings. The molecule has 0 spiro atoms. The Hall–Kier alpha value is -8.63. The summed E-state index contributed by atoms with van der Waals surface area (Å²) < 4.78 is 0.729. The van der Waals surface area contributed by atoms with Crippen molar-refractivity contribution in [1.29, 1.82) is 0 Å². The minimum atomic E-state index is -0.330. The largest absolute Gasteiger partial charge is 0.508 e. The number of carbonyl (C=O) groups excluding carboxylic acids is 3. The number of hydrogen-bond donors (Lipinski definition) is 6. The Bertz CT molecular complexity index is 3680. The normalized spacial score (nSPS) is 18.1. The third kappa shape index (κ3) is 14.3. The zero-order valence-corrected chi connectivity index (χ0v) is 48.2. The summed E-state index contributed by atoms with van der Waals surface area (Å²) in [5.74, 6) is 2.58. The van der Waals surface area contributed by atoms with E-state index in [2.05, 4.69) is 68.4 Å². The Morgan fingerprint density at radius 1 is 0.732 bits per heavy atom. The topological polar surface area (TPSA) is 231 Å². The SMILES string of the molecule is C=CCc1cccc(C=NCC(=O)c2cc(C(C)(C)C)[nH]n2)c1O.Cc1ccc(Cc2ccccc2O)cc1/C=N\NC(=O)c1cncc(Br)c1.O=C(CN=Cc1c(O)ccc2ccccc12)c1cc(C23CC4CC(CC(C4)C2)C3)[nH]n1. The Morgan fingerprint density at radius 3 is 2.10 bits per heavy atom. The number of carbonyl (C=O) groups is 3. The van der Waals surface area contributed by atoms with E-state index < -0.39 is 0 Å². The van der Waals surface area contributed by atoms with Gasteiger partial charge in [0.1, 0.15) is 41.7 Å². The number of ketones is 2. The molecule has 4 bridgehead atoms. The predicted molar refractivity (Wildman–Crippen MR) is 326 cm³/mol. The molecule has 6 N–H and O–H groups in total. The fourth-order valence-electron chi connectivity index (χ4n) is 11.7. The molecule has 3 aromatic heterocycles. The highest BCUT2D eigenvalue weighted by molar-refractivity contribution is 9.10. The molecule has 3 heterocycles. The lowest BCUT2D eigenvalue weighted by Gasteiger charge is -2.56. The first-order valence-corrected chi connectivity index (χ1v) is 28.3. The summed E-state index contributed by atoms with van der Waals surface area (Å²) in [6.45, 7) is 11.8. The maximum atomic E-state index is 12.8. The third-order valence-electron chi connectivity index (χ3n) is 15.6. The number of allylic oxidation sites excluding steroid dienone is 1. The molecule has 0 aliphatic heterocycles. The van der Waals surface area contributed by atoms with Crippen molar-refractivity contribution < 1.29 is 29.7 Å². The number of aromatic hydroxyl groups is 3. The number of pyridine rings is 1. The number of rotatable bonds is 16. The van der Waals surface area contributed by atoms with Crippen LogP contribution in [0.15, 0.2) is 160 Å². The standard InChI is InChI=1S/C26H27N3O2.C21H18BrN3O2.C19H23N3O2/c30-23-6-5-19-3-1-2-4-20(19)21(23)14-27-15-24(31)22-10-25(29-28-22)26-11-16-7-17(12-26)9-18(8-16)13-26;1-14-6-7-15(8-16-4-2-3-5-20(16)26)9-17(14)12-24-25-21(27)18-10-19(22)13-23-11-18;1-5-7-13-8-6-9-14(18(13)24)11-20-12-16(23)15-10-17(22-21-15)19(2,3)4/h1-6,10,14,16-18,30H,7-9,11-13,15H2,(H,28,29);2-7,9-13,26H,8H2,1H3,(H,25,27);5-6,8-11,24H,1,7,12H2,2-4H3,(H,21,22)/b;24-12-;. The van der Waals surface area contributed by atoms with Gasteiger partial charge in [-0.15, -0.1) is 6.58 Å². The van der Waals surface area contributed by atoms with Crippen molar-refractivity contribution in [3.8, 4) is 17.2 Å². The lowest BCUT2D eigenvalue weighted by molar-refractivity contribution is -0.00722. The Morgan fingerprint density at radius 2 is 1.40 bits per heavy atom. The van der Waals surface area contributed by atoms with Crippen LogP contribution in [-0.2, 0) is 23.7 Å². The molecule has 4 saturated carbocycles. The second-order valence-electron chi connectivity index (χ2n) is 22.7. The van der Waals surface area contributed by atoms with Crippen LogP contribution in [-0.4, -0.2) is 89.9 Å². The summed E-state index contributed by atoms with van der Waals surface area (Å²) in [4.78, 5) is 49.5. The number of nitrogens with one attached hydrogen (secondary N) is 3. The number of H-pyrrole nitrogens is 2. The van der Waals surface area contributed by atoms with Gasteiger partial charge in [0.15, 0.2) is 0 Å². The summed E-state index contributed by atoms with van der Waals surface area (Å²) >= 11 is 3.29. The van der Waals surface area contributed by atoms with Gasteiger partial charge in [0, 0.05) is 69.1 Å². The molecular weight excluding hydrogens is 1090 g/mol. The van der Waals surface area contributed by atoms with Crippen molar-refractivity contribution in [2.75, 3.05) is 13.1 Å². The van der Waals surface area contributed by atoms with Crippen LogP contribution in [0.5, 0.6) is 17.2 Å². The van der Waals surface area contributed by atoms with Crippen LogP contribution in [0.3, 0.4) is 0 Å². The van der Waals surface area contributed by atoms with Crippen molar-refractivity contribution in [1.82, 2.24) is 30.8 Å². The van der Waals surface area contributed by atoms with Gasteiger partial charge >= 0.3 is 0 Å². The van der Waals surface area contributed by atoms with E-state index in [9.17, 15) is 29.7 Å². The minimum Gasteiger partial charge on any atom is -0.508 e. The molecule has 4 aliphatic carbocycles. The number of benzene rings is 5. The van der Waals surface area contributed by atoms with E-state index >= 15 is 0 Å². The van der Waals surface area contributed by atoms with Crippen molar-refractivity contribution in [3.05, 3.63) is 212 Å². The van der Waals surface area contributed by atoms with Crippen LogP contribution in [0.1, 0.15) is 141 Å². The van der Waals surface area contributed by atoms with Gasteiger partial charge in [-0.3, -0.25) is 39.5 Å². The lowest BCUT2D eigenvalue weighted by atomic mass is 9.49. The van der Waals surface area contributed by atoms with Crippen LogP contribution in [0.2, 0.25) is 0 Å². The molecule has 4 aliphatic rings. The van der Waals surface area contributed by atoms with Crippen LogP contribution < -0.4 is 5.43 Å². The first-order chi connectivity index (χ1) is 39.4. The number of phenolic OH excluding ortho intramolecular Hbond substituents is 3. The molecule has 0 atom stereocenters. The van der Waals surface area contributed by atoms with Gasteiger partial charge in [-0.05, 0) is 167 Å². The van der Waals surface area contributed by atoms with Crippen LogP contribution in [0, 0.1) is 24.7 Å². The Labute approximate surface area is 486 Å². The second-order valence-corrected chi connectivity index (χ2v) is 23.6. The highest BCUT2D eigenvalue weighted by Crippen LogP contribution is 2.60. The monoisotopic (exact) mass is 1160 g/mol. The number of hydrazone groups is 1. The fraction of sp³-hybridized carbons (Fsp3) is 0.288. The number of para-hydroxylation sites is 2. The number of hydrogen-bond acceptors (Lipinski definition) is 12. The van der Waals surface area contributed by atoms with Gasteiger partial charge in [0.2, 0.25) is 11.6 Å². The molecule has 16 heteroatoms. The molecular formula is C66H68BrN9O6. The molecule has 1 amide bonds. The van der Waals surface area contributed by atoms with Gasteiger partial charge in [0.25, 0.3) is 5.91 Å². The summed E-state index contributed by atoms with van der Waals surface area (Å²) in [6.07, 6.45) is 18.7. The molecule has 0 unspecified atom stereocenters. The van der Waals surface area contributed by atoms with Crippen LogP contribution in [0.25, 0.3) is 10.8 Å². The smallest absolute Gasteiger partial charge is 0.272 e. The van der Waals surface area contributed by atoms with Gasteiger partial charge in [-0.1, -0.05) is 99.6 Å². The number of halogens is 1. The predicted octanol–water partition coefficient (Wildman–Crippen LogP) is 12.7. The van der Waals surface area contributed by atoms with Crippen molar-refractivity contribution in [3.63, 3.8) is 0 Å². The van der Waals surface area contributed by atoms with E-state index in [0.29, 0.717) is 40.9 Å². The maximum absolute atomic E-state index is 12.8. The number of aliphatic imine (C=N–C) groups is 2. The number of aromatic nitrogens is 5. The number of Topliss-reactive ketones (excluding diaryl/α,β-unsaturated/α-hetero) is 2. The highest BCUT2D eigenvalue weighted by atomic mass is 79.9. The highest BCUT2D eigenvalue weighted by Gasteiger charge is 2.52. The second kappa shape index (κ2) is 25.9. The number of amides is 1. The van der Waals surface area contributed by atoms with Crippen molar-refractivity contribution in [2.24, 2.45) is 32.8 Å². The number of nitrogens with zero attached hydrogens (tertiary/aromatic N) is 6. The van der Waals surface area contributed by atoms with E-state index in [-0.39, 0.29) is 58.6 Å². The molecule has 5 aromatic carbocycles. The number of aromatic amines is 2. The molecule has 15 nitrogen and oxygen atoms in total. The Kier molecular flexibility index (Phi) is 18.3. The van der Waals surface area contributed by atoms with E-state index in [1.54, 1.807) is 61.1 Å². The van der Waals surface area contributed by atoms with Gasteiger partial charge in [-0.2, -0.15) is 15.3 Å². The van der Waals surface area contributed by atoms with Crippen molar-refractivity contribution >= 4 is 62.8 Å². The Balaban J connectivity index is 0.000000150. The van der Waals surface area contributed by atoms with E-state index in [0.717, 1.165) is 72.2 Å². The fourth-order valence-corrected chi connectivity index (χ4v) is 12.0. The number of aryl methyl sites for hydroxylation is 1. The van der Waals surface area contributed by atoms with E-state index in [4.69, 9.17) is 0 Å².